The Morgan fingerprint density at radius 3 is 2.55 bits per heavy atom. The average Bonchev–Trinajstić information content (AvgIpc) is 2.41. The average molecular weight is 281 g/mol. The summed E-state index contributed by atoms with van der Waals surface area (Å²) in [7, 11) is 0. The highest BCUT2D eigenvalue weighted by Crippen LogP contribution is 2.37. The van der Waals surface area contributed by atoms with Crippen LogP contribution in [0.4, 0.5) is 20.2 Å². The van der Waals surface area contributed by atoms with Gasteiger partial charge in [0.1, 0.15) is 11.5 Å². The molecule has 2 aromatic rings. The summed E-state index contributed by atoms with van der Waals surface area (Å²) in [5.41, 5.74) is 1.72. The summed E-state index contributed by atoms with van der Waals surface area (Å²) in [5.74, 6) is 2.88. The van der Waals surface area contributed by atoms with Crippen molar-refractivity contribution in [2.45, 2.75) is 0 Å². The van der Waals surface area contributed by atoms with Gasteiger partial charge in [-0.15, -0.1) is 0 Å². The van der Waals surface area contributed by atoms with Gasteiger partial charge in [-0.3, -0.25) is 16.0 Å². The second-order valence-electron chi connectivity index (χ2n) is 3.73. The third-order valence-electron chi connectivity index (χ3n) is 2.45. The van der Waals surface area contributed by atoms with Crippen molar-refractivity contribution in [2.24, 2.45) is 5.84 Å². The Hall–Kier alpha value is -2.74. The maximum Gasteiger partial charge on any atom is 0.335 e. The quantitative estimate of drug-likeness (QED) is 0.511. The van der Waals surface area contributed by atoms with E-state index < -0.39 is 22.2 Å². The molecule has 0 aromatic heterocycles. The number of nitro groups is 1. The summed E-state index contributed by atoms with van der Waals surface area (Å²) in [4.78, 5) is 10.3. The van der Waals surface area contributed by atoms with Crippen LogP contribution in [0.25, 0.3) is 0 Å². The van der Waals surface area contributed by atoms with Crippen LogP contribution in [-0.4, -0.2) is 4.92 Å². The van der Waals surface area contributed by atoms with Crippen molar-refractivity contribution in [3.05, 3.63) is 58.1 Å². The van der Waals surface area contributed by atoms with Crippen LogP contribution in [0.15, 0.2) is 36.4 Å². The zero-order chi connectivity index (χ0) is 14.7. The highest BCUT2D eigenvalue weighted by atomic mass is 19.1. The number of nitrogen functional groups attached to an aromatic ring is 1. The van der Waals surface area contributed by atoms with Crippen LogP contribution in [-0.2, 0) is 0 Å². The normalized spacial score (nSPS) is 10.2. The molecular weight excluding hydrogens is 272 g/mol. The number of nitrogens with zero attached hydrogens (tertiary/aromatic N) is 1. The number of rotatable bonds is 4. The molecule has 0 radical (unpaired) electrons. The van der Waals surface area contributed by atoms with Gasteiger partial charge in [0.2, 0.25) is 5.75 Å². The van der Waals surface area contributed by atoms with E-state index in [1.165, 1.54) is 18.2 Å². The summed E-state index contributed by atoms with van der Waals surface area (Å²) in [5, 5.41) is 11.0. The lowest BCUT2D eigenvalue weighted by atomic mass is 10.2. The lowest BCUT2D eigenvalue weighted by Gasteiger charge is -2.09. The Kier molecular flexibility index (Phi) is 3.76. The molecule has 0 aliphatic carbocycles. The predicted octanol–water partition coefficient (Wildman–Crippen LogP) is 2.95. The molecule has 8 heteroatoms. The standard InChI is InChI=1S/C12H9F2N3O3/c13-7-4-5-10(8(14)6-7)20-11-3-1-2-9(16-15)12(11)17(18)19/h1-6,16H,15H2. The lowest BCUT2D eigenvalue weighted by molar-refractivity contribution is -0.384. The second-order valence-corrected chi connectivity index (χ2v) is 3.73. The van der Waals surface area contributed by atoms with E-state index in [1.54, 1.807) is 0 Å². The van der Waals surface area contributed by atoms with E-state index in [2.05, 4.69) is 5.43 Å². The van der Waals surface area contributed by atoms with Crippen LogP contribution in [0.2, 0.25) is 0 Å². The first kappa shape index (κ1) is 13.7. The number of anilines is 1. The van der Waals surface area contributed by atoms with Crippen molar-refractivity contribution >= 4 is 11.4 Å². The van der Waals surface area contributed by atoms with Crippen LogP contribution >= 0.6 is 0 Å². The highest BCUT2D eigenvalue weighted by Gasteiger charge is 2.22. The Morgan fingerprint density at radius 1 is 1.20 bits per heavy atom. The number of halogens is 2. The maximum absolute atomic E-state index is 13.5. The fourth-order valence-electron chi connectivity index (χ4n) is 1.59. The van der Waals surface area contributed by atoms with Crippen molar-refractivity contribution in [1.82, 2.24) is 0 Å². The van der Waals surface area contributed by atoms with Gasteiger partial charge in [-0.05, 0) is 24.3 Å². The van der Waals surface area contributed by atoms with Crippen LogP contribution in [0.5, 0.6) is 11.5 Å². The molecular formula is C12H9F2N3O3. The summed E-state index contributed by atoms with van der Waals surface area (Å²) in [6, 6.07) is 6.73. The number of nitrogens with one attached hydrogen (secondary N) is 1. The molecule has 0 aliphatic heterocycles. The van der Waals surface area contributed by atoms with Gasteiger partial charge in [-0.2, -0.15) is 0 Å². The molecule has 2 rings (SSSR count). The number of hydrogen-bond donors (Lipinski definition) is 2. The number of nitro benzene ring substituents is 1. The highest BCUT2D eigenvalue weighted by molar-refractivity contribution is 5.68. The number of hydrogen-bond acceptors (Lipinski definition) is 5. The molecule has 0 atom stereocenters. The Bertz CT molecular complexity index is 664. The Labute approximate surface area is 111 Å². The van der Waals surface area contributed by atoms with E-state index in [0.29, 0.717) is 6.07 Å². The molecule has 20 heavy (non-hydrogen) atoms. The van der Waals surface area contributed by atoms with Crippen molar-refractivity contribution < 1.29 is 18.4 Å². The molecule has 0 heterocycles. The minimum atomic E-state index is -0.967. The van der Waals surface area contributed by atoms with Crippen LogP contribution in [0, 0.1) is 21.7 Å². The third kappa shape index (κ3) is 2.64. The molecule has 0 bridgehead atoms. The van der Waals surface area contributed by atoms with Gasteiger partial charge in [-0.25, -0.2) is 8.78 Å². The zero-order valence-electron chi connectivity index (χ0n) is 9.97. The van der Waals surface area contributed by atoms with Crippen molar-refractivity contribution in [2.75, 3.05) is 5.43 Å². The molecule has 6 nitrogen and oxygen atoms in total. The summed E-state index contributed by atoms with van der Waals surface area (Å²) in [6.07, 6.45) is 0. The molecule has 0 spiro atoms. The minimum absolute atomic E-state index is 0.00928. The van der Waals surface area contributed by atoms with Gasteiger partial charge >= 0.3 is 5.69 Å². The monoisotopic (exact) mass is 281 g/mol. The molecule has 0 saturated carbocycles. The van der Waals surface area contributed by atoms with Crippen molar-refractivity contribution in [3.63, 3.8) is 0 Å². The number of benzene rings is 2. The molecule has 0 amide bonds. The molecule has 0 unspecified atom stereocenters. The molecule has 104 valence electrons. The summed E-state index contributed by atoms with van der Waals surface area (Å²) < 4.78 is 31.4. The maximum atomic E-state index is 13.5. The van der Waals surface area contributed by atoms with Gasteiger partial charge in [0.25, 0.3) is 0 Å². The summed E-state index contributed by atoms with van der Waals surface area (Å²) in [6.45, 7) is 0. The summed E-state index contributed by atoms with van der Waals surface area (Å²) >= 11 is 0. The second kappa shape index (κ2) is 5.49. The lowest BCUT2D eigenvalue weighted by Crippen LogP contribution is -2.09. The first-order valence-corrected chi connectivity index (χ1v) is 5.40. The van der Waals surface area contributed by atoms with Gasteiger partial charge in [0.05, 0.1) is 4.92 Å². The van der Waals surface area contributed by atoms with Gasteiger partial charge in [0.15, 0.2) is 11.6 Å². The molecule has 3 N–H and O–H groups in total. The Morgan fingerprint density at radius 2 is 1.95 bits per heavy atom. The first-order valence-electron chi connectivity index (χ1n) is 5.40. The van der Waals surface area contributed by atoms with Gasteiger partial charge < -0.3 is 10.2 Å². The fraction of sp³-hybridized carbons (Fsp3) is 0. The largest absolute Gasteiger partial charge is 0.447 e. The van der Waals surface area contributed by atoms with E-state index in [4.69, 9.17) is 10.6 Å². The van der Waals surface area contributed by atoms with Crippen molar-refractivity contribution in [1.29, 1.82) is 0 Å². The third-order valence-corrected chi connectivity index (χ3v) is 2.45. The molecule has 0 aliphatic rings. The Balaban J connectivity index is 2.45. The molecule has 0 fully saturated rings. The first-order chi connectivity index (χ1) is 9.52. The van der Waals surface area contributed by atoms with E-state index >= 15 is 0 Å². The molecule has 0 saturated heterocycles. The number of nitrogens with two attached hydrogens (primary N) is 1. The van der Waals surface area contributed by atoms with Gasteiger partial charge in [-0.1, -0.05) is 6.07 Å². The zero-order valence-corrected chi connectivity index (χ0v) is 9.97. The smallest absolute Gasteiger partial charge is 0.335 e. The van der Waals surface area contributed by atoms with E-state index in [9.17, 15) is 18.9 Å². The van der Waals surface area contributed by atoms with E-state index in [0.717, 1.165) is 12.1 Å². The SMILES string of the molecule is NNc1cccc(Oc2ccc(F)cc2F)c1[N+](=O)[O-]. The number of ether oxygens (including phenoxy) is 1. The van der Waals surface area contributed by atoms with E-state index in [-0.39, 0.29) is 17.2 Å². The van der Waals surface area contributed by atoms with Crippen molar-refractivity contribution in [3.8, 4) is 11.5 Å². The topological polar surface area (TPSA) is 90.4 Å². The minimum Gasteiger partial charge on any atom is -0.447 e. The van der Waals surface area contributed by atoms with Gasteiger partial charge in [0, 0.05) is 6.07 Å². The number of hydrazine groups is 1. The fourth-order valence-corrected chi connectivity index (χ4v) is 1.59. The van der Waals surface area contributed by atoms with Crippen LogP contribution in [0.3, 0.4) is 0 Å². The molecule has 2 aromatic carbocycles. The van der Waals surface area contributed by atoms with Crippen LogP contribution < -0.4 is 16.0 Å². The number of para-hydroxylation sites is 1. The van der Waals surface area contributed by atoms with E-state index in [1.807, 2.05) is 0 Å². The van der Waals surface area contributed by atoms with Crippen LogP contribution in [0.1, 0.15) is 0 Å². The predicted molar refractivity (Wildman–Crippen MR) is 67.3 cm³/mol.